The van der Waals surface area contributed by atoms with Gasteiger partial charge in [-0.2, -0.15) is 0 Å². The highest BCUT2D eigenvalue weighted by molar-refractivity contribution is 5.89. The molecule has 4 heterocycles. The number of carbonyl (C=O) groups is 1. The molecule has 3 aliphatic rings. The first-order chi connectivity index (χ1) is 18.1. The van der Waals surface area contributed by atoms with E-state index in [1.807, 2.05) is 12.4 Å². The third-order valence-corrected chi connectivity index (χ3v) is 8.58. The Morgan fingerprint density at radius 3 is 2.46 bits per heavy atom. The standard InChI is InChI=1S/C30H42N6O/c1-3-27(4-2)35-16-11-30(12-17-35)18-29(37)36(23-30)20-25-9-7-24(8-10-25)19-34(21-26-6-5-13-31-26)22-28-32-14-15-33-28/h5,7-10,13-15,27H,3-4,6,11-12,16-23H2,1-2H3,(H,32,33). The van der Waals surface area contributed by atoms with E-state index in [0.717, 1.165) is 77.3 Å². The number of hydrogen-bond donors (Lipinski definition) is 1. The molecule has 7 heteroatoms. The van der Waals surface area contributed by atoms with E-state index >= 15 is 0 Å². The lowest BCUT2D eigenvalue weighted by atomic mass is 9.77. The molecule has 198 valence electrons. The second-order valence-electron chi connectivity index (χ2n) is 11.2. The Hall–Kier alpha value is -2.77. The summed E-state index contributed by atoms with van der Waals surface area (Å²) >= 11 is 0. The molecule has 0 atom stereocenters. The Morgan fingerprint density at radius 2 is 1.81 bits per heavy atom. The van der Waals surface area contributed by atoms with Crippen LogP contribution in [0.25, 0.3) is 0 Å². The molecule has 3 aliphatic heterocycles. The lowest BCUT2D eigenvalue weighted by Crippen LogP contribution is -2.45. The second kappa shape index (κ2) is 11.7. The van der Waals surface area contributed by atoms with Crippen LogP contribution in [0.15, 0.2) is 53.9 Å². The number of amides is 1. The highest BCUT2D eigenvalue weighted by Gasteiger charge is 2.45. The minimum absolute atomic E-state index is 0.184. The van der Waals surface area contributed by atoms with Crippen molar-refractivity contribution in [1.82, 2.24) is 24.7 Å². The van der Waals surface area contributed by atoms with Gasteiger partial charge in [0.25, 0.3) is 0 Å². The fraction of sp³-hybridized carbons (Fsp3) is 0.567. The first-order valence-corrected chi connectivity index (χ1v) is 14.1. The number of imidazole rings is 1. The van der Waals surface area contributed by atoms with Crippen LogP contribution in [0.1, 0.15) is 69.3 Å². The van der Waals surface area contributed by atoms with Crippen LogP contribution >= 0.6 is 0 Å². The summed E-state index contributed by atoms with van der Waals surface area (Å²) in [5.41, 5.74) is 3.85. The number of piperidine rings is 1. The van der Waals surface area contributed by atoms with Crippen LogP contribution in [0.2, 0.25) is 0 Å². The van der Waals surface area contributed by atoms with Crippen molar-refractivity contribution in [2.75, 3.05) is 26.2 Å². The summed E-state index contributed by atoms with van der Waals surface area (Å²) in [5, 5.41) is 0. The number of aromatic amines is 1. The highest BCUT2D eigenvalue weighted by Crippen LogP contribution is 2.42. The van der Waals surface area contributed by atoms with E-state index in [0.29, 0.717) is 11.9 Å². The van der Waals surface area contributed by atoms with Crippen molar-refractivity contribution in [3.05, 3.63) is 65.9 Å². The summed E-state index contributed by atoms with van der Waals surface area (Å²) in [6, 6.07) is 9.51. The predicted octanol–water partition coefficient (Wildman–Crippen LogP) is 4.77. The summed E-state index contributed by atoms with van der Waals surface area (Å²) in [6.45, 7) is 10.9. The summed E-state index contributed by atoms with van der Waals surface area (Å²) in [6.07, 6.45) is 14.1. The molecular weight excluding hydrogens is 460 g/mol. The minimum Gasteiger partial charge on any atom is -0.348 e. The van der Waals surface area contributed by atoms with E-state index in [1.54, 1.807) is 6.20 Å². The van der Waals surface area contributed by atoms with Crippen LogP contribution in [0.3, 0.4) is 0 Å². The molecule has 1 spiro atoms. The van der Waals surface area contributed by atoms with Crippen LogP contribution < -0.4 is 0 Å². The maximum absolute atomic E-state index is 13.0. The Kier molecular flexibility index (Phi) is 8.20. The topological polar surface area (TPSA) is 67.8 Å². The molecular formula is C30H42N6O. The fourth-order valence-electron chi connectivity index (χ4n) is 6.38. The molecule has 2 fully saturated rings. The molecule has 0 aliphatic carbocycles. The Labute approximate surface area is 221 Å². The van der Waals surface area contributed by atoms with Gasteiger partial charge in [-0.3, -0.25) is 14.7 Å². The molecule has 0 bridgehead atoms. The van der Waals surface area contributed by atoms with Gasteiger partial charge in [0.05, 0.1) is 6.54 Å². The number of rotatable bonds is 11. The first kappa shape index (κ1) is 25.9. The number of aromatic nitrogens is 2. The quantitative estimate of drug-likeness (QED) is 0.481. The molecule has 7 nitrogen and oxygen atoms in total. The predicted molar refractivity (Wildman–Crippen MR) is 148 cm³/mol. The summed E-state index contributed by atoms with van der Waals surface area (Å²) in [7, 11) is 0. The molecule has 1 aromatic heterocycles. The zero-order valence-corrected chi connectivity index (χ0v) is 22.5. The number of nitrogens with one attached hydrogen (secondary N) is 1. The zero-order valence-electron chi connectivity index (χ0n) is 22.5. The molecule has 0 radical (unpaired) electrons. The number of carbonyl (C=O) groups excluding carboxylic acids is 1. The molecule has 1 N–H and O–H groups in total. The van der Waals surface area contributed by atoms with Crippen LogP contribution in [0.5, 0.6) is 0 Å². The van der Waals surface area contributed by atoms with E-state index in [9.17, 15) is 4.79 Å². The third kappa shape index (κ3) is 6.39. The van der Waals surface area contributed by atoms with Crippen LogP contribution in [-0.2, 0) is 24.4 Å². The van der Waals surface area contributed by atoms with Gasteiger partial charge in [0.2, 0.25) is 5.91 Å². The van der Waals surface area contributed by atoms with Gasteiger partial charge >= 0.3 is 0 Å². The molecule has 0 saturated carbocycles. The van der Waals surface area contributed by atoms with Crippen LogP contribution in [0.4, 0.5) is 0 Å². The van der Waals surface area contributed by atoms with Crippen molar-refractivity contribution >= 4 is 11.6 Å². The average Bonchev–Trinajstić information content (AvgIpc) is 3.66. The maximum atomic E-state index is 13.0. The van der Waals surface area contributed by atoms with Crippen molar-refractivity contribution in [2.24, 2.45) is 10.4 Å². The van der Waals surface area contributed by atoms with Gasteiger partial charge in [-0.05, 0) is 55.3 Å². The van der Waals surface area contributed by atoms with E-state index in [4.69, 9.17) is 0 Å². The van der Waals surface area contributed by atoms with Crippen molar-refractivity contribution in [3.8, 4) is 0 Å². The number of H-pyrrole nitrogens is 1. The maximum Gasteiger partial charge on any atom is 0.223 e. The van der Waals surface area contributed by atoms with Gasteiger partial charge in [0.15, 0.2) is 0 Å². The summed E-state index contributed by atoms with van der Waals surface area (Å²) < 4.78 is 0. The van der Waals surface area contributed by atoms with Gasteiger partial charge in [-0.1, -0.05) is 44.2 Å². The molecule has 0 unspecified atom stereocenters. The molecule has 1 amide bonds. The zero-order chi connectivity index (χ0) is 25.7. The SMILES string of the molecule is CCC(CC)N1CCC2(CC1)CC(=O)N(Cc1ccc(CN(CC3=NC=CC3)Cc3ncc[nH]3)cc1)C2. The molecule has 37 heavy (non-hydrogen) atoms. The molecule has 2 saturated heterocycles. The molecule has 1 aromatic carbocycles. The second-order valence-corrected chi connectivity index (χ2v) is 11.2. The number of allylic oxidation sites excluding steroid dienone is 1. The summed E-state index contributed by atoms with van der Waals surface area (Å²) in [4.78, 5) is 32.3. The molecule has 2 aromatic rings. The van der Waals surface area contributed by atoms with E-state index in [-0.39, 0.29) is 5.41 Å². The summed E-state index contributed by atoms with van der Waals surface area (Å²) in [5.74, 6) is 1.30. The van der Waals surface area contributed by atoms with Crippen molar-refractivity contribution in [1.29, 1.82) is 0 Å². The monoisotopic (exact) mass is 502 g/mol. The fourth-order valence-corrected chi connectivity index (χ4v) is 6.38. The van der Waals surface area contributed by atoms with Gasteiger partial charge in [-0.25, -0.2) is 4.98 Å². The van der Waals surface area contributed by atoms with Gasteiger partial charge in [0.1, 0.15) is 5.82 Å². The lowest BCUT2D eigenvalue weighted by molar-refractivity contribution is -0.128. The number of nitrogens with zero attached hydrogens (tertiary/aromatic N) is 5. The van der Waals surface area contributed by atoms with Crippen molar-refractivity contribution in [2.45, 2.75) is 78.0 Å². The van der Waals surface area contributed by atoms with Crippen molar-refractivity contribution < 1.29 is 4.79 Å². The number of aliphatic imine (C=N–C) groups is 1. The Bertz CT molecular complexity index is 1080. The average molecular weight is 503 g/mol. The van der Waals surface area contributed by atoms with E-state index in [1.165, 1.54) is 29.7 Å². The first-order valence-electron chi connectivity index (χ1n) is 14.1. The van der Waals surface area contributed by atoms with Gasteiger partial charge in [-0.15, -0.1) is 0 Å². The van der Waals surface area contributed by atoms with Crippen LogP contribution in [-0.4, -0.2) is 68.5 Å². The number of benzene rings is 1. The number of likely N-dealkylation sites (tertiary alicyclic amines) is 2. The number of hydrogen-bond acceptors (Lipinski definition) is 5. The Morgan fingerprint density at radius 1 is 1.05 bits per heavy atom. The smallest absolute Gasteiger partial charge is 0.223 e. The van der Waals surface area contributed by atoms with E-state index < -0.39 is 0 Å². The van der Waals surface area contributed by atoms with Gasteiger partial charge in [0, 0.05) is 69.4 Å². The normalized spacial score (nSPS) is 19.6. The van der Waals surface area contributed by atoms with Gasteiger partial charge < -0.3 is 14.8 Å². The molecule has 5 rings (SSSR count). The third-order valence-electron chi connectivity index (χ3n) is 8.58. The lowest BCUT2D eigenvalue weighted by Gasteiger charge is -2.42. The van der Waals surface area contributed by atoms with Crippen molar-refractivity contribution in [3.63, 3.8) is 0 Å². The minimum atomic E-state index is 0.184. The highest BCUT2D eigenvalue weighted by atomic mass is 16.2. The Balaban J connectivity index is 1.16. The van der Waals surface area contributed by atoms with Crippen LogP contribution in [0, 0.1) is 5.41 Å². The van der Waals surface area contributed by atoms with E-state index in [2.05, 4.69) is 73.8 Å². The largest absolute Gasteiger partial charge is 0.348 e.